The number of hydrogen-bond donors (Lipinski definition) is 0. The molecule has 6 heteroatoms. The minimum Gasteiger partial charge on any atom is -0.306 e. The quantitative estimate of drug-likeness (QED) is 0.382. The van der Waals surface area contributed by atoms with Crippen LogP contribution in [0, 0.1) is 0 Å². The lowest BCUT2D eigenvalue weighted by atomic mass is 9.89. The Bertz CT molecular complexity index is 1360. The third-order valence-corrected chi connectivity index (χ3v) is 8.10. The number of imidazole rings is 1. The summed E-state index contributed by atoms with van der Waals surface area (Å²) in [4.78, 5) is 20.1. The maximum Gasteiger partial charge on any atom is 0.283 e. The van der Waals surface area contributed by atoms with E-state index in [1.54, 1.807) is 0 Å². The Morgan fingerprint density at radius 2 is 1.74 bits per heavy atom. The Kier molecular flexibility index (Phi) is 4.69. The van der Waals surface area contributed by atoms with Gasteiger partial charge in [0.25, 0.3) is 5.56 Å². The smallest absolute Gasteiger partial charge is 0.283 e. The number of benzene rings is 2. The molecule has 5 nitrogen and oxygen atoms in total. The highest BCUT2D eigenvalue weighted by molar-refractivity contribution is 9.10. The van der Waals surface area contributed by atoms with E-state index in [-0.39, 0.29) is 5.56 Å². The third kappa shape index (κ3) is 3.06. The van der Waals surface area contributed by atoms with Crippen molar-refractivity contribution in [2.75, 3.05) is 20.1 Å². The SMILES string of the molecule is CN1CCC(c2ccc3c(c2)n(C2CCCC2)c2nc(=O)c4c(Br)cccc4n32)CC1. The summed E-state index contributed by atoms with van der Waals surface area (Å²) in [5.41, 5.74) is 4.58. The Morgan fingerprint density at radius 1 is 0.968 bits per heavy atom. The molecule has 0 atom stereocenters. The first kappa shape index (κ1) is 19.5. The van der Waals surface area contributed by atoms with Gasteiger partial charge in [0.05, 0.1) is 21.9 Å². The number of likely N-dealkylation sites (tertiary alicyclic amines) is 1. The van der Waals surface area contributed by atoms with Crippen LogP contribution in [0.25, 0.3) is 27.7 Å². The molecule has 0 unspecified atom stereocenters. The van der Waals surface area contributed by atoms with Crippen molar-refractivity contribution >= 4 is 43.6 Å². The summed E-state index contributed by atoms with van der Waals surface area (Å²) in [5.74, 6) is 1.40. The summed E-state index contributed by atoms with van der Waals surface area (Å²) in [6.07, 6.45) is 7.22. The van der Waals surface area contributed by atoms with Crippen molar-refractivity contribution < 1.29 is 0 Å². The van der Waals surface area contributed by atoms with Gasteiger partial charge < -0.3 is 9.47 Å². The molecule has 0 amide bonds. The molecule has 3 heterocycles. The largest absolute Gasteiger partial charge is 0.306 e. The molecule has 160 valence electrons. The number of piperidine rings is 1. The molecule has 31 heavy (non-hydrogen) atoms. The van der Waals surface area contributed by atoms with Crippen molar-refractivity contribution in [3.63, 3.8) is 0 Å². The average molecular weight is 479 g/mol. The van der Waals surface area contributed by atoms with Gasteiger partial charge in [0, 0.05) is 10.5 Å². The summed E-state index contributed by atoms with van der Waals surface area (Å²) in [7, 11) is 2.21. The zero-order chi connectivity index (χ0) is 21.1. The maximum atomic E-state index is 13.0. The molecular weight excluding hydrogens is 452 g/mol. The molecule has 0 N–H and O–H groups in total. The number of nitrogens with zero attached hydrogens (tertiary/aromatic N) is 4. The lowest BCUT2D eigenvalue weighted by Crippen LogP contribution is -2.29. The minimum atomic E-state index is -0.153. The molecule has 2 fully saturated rings. The lowest BCUT2D eigenvalue weighted by Gasteiger charge is -2.29. The summed E-state index contributed by atoms with van der Waals surface area (Å²) in [6, 6.07) is 13.3. The number of hydrogen-bond acceptors (Lipinski definition) is 3. The van der Waals surface area contributed by atoms with Crippen LogP contribution in [0.1, 0.15) is 56.0 Å². The summed E-state index contributed by atoms with van der Waals surface area (Å²) in [6.45, 7) is 2.31. The first-order valence-corrected chi connectivity index (χ1v) is 12.2. The fourth-order valence-corrected chi connectivity index (χ4v) is 6.29. The van der Waals surface area contributed by atoms with Crippen LogP contribution < -0.4 is 5.56 Å². The number of fused-ring (bicyclic) bond motifs is 5. The highest BCUT2D eigenvalue weighted by atomic mass is 79.9. The van der Waals surface area contributed by atoms with Crippen LogP contribution >= 0.6 is 15.9 Å². The Labute approximate surface area is 189 Å². The van der Waals surface area contributed by atoms with E-state index >= 15 is 0 Å². The second kappa shape index (κ2) is 7.45. The standard InChI is InChI=1S/C25H27BrN4O/c1-28-13-11-16(12-14-28)17-9-10-20-22(15-17)29(18-5-2-3-6-18)25-27-24(31)23-19(26)7-4-8-21(23)30(20)25/h4,7-10,15-16,18H,2-3,5-6,11-14H2,1H3. The third-order valence-electron chi connectivity index (χ3n) is 7.44. The first-order valence-electron chi connectivity index (χ1n) is 11.4. The van der Waals surface area contributed by atoms with Crippen LogP contribution in [-0.2, 0) is 0 Å². The molecule has 1 saturated heterocycles. The van der Waals surface area contributed by atoms with Gasteiger partial charge in [-0.2, -0.15) is 4.98 Å². The molecule has 6 rings (SSSR count). The van der Waals surface area contributed by atoms with Crippen molar-refractivity contribution in [2.45, 2.75) is 50.5 Å². The summed E-state index contributed by atoms with van der Waals surface area (Å²) in [5, 5.41) is 0.657. The second-order valence-electron chi connectivity index (χ2n) is 9.32. The normalized spacial score (nSPS) is 19.3. The molecule has 0 radical (unpaired) electrons. The van der Waals surface area contributed by atoms with Crippen LogP contribution in [-0.4, -0.2) is 39.0 Å². The van der Waals surface area contributed by atoms with Gasteiger partial charge in [0.15, 0.2) is 0 Å². The number of aromatic nitrogens is 3. The second-order valence-corrected chi connectivity index (χ2v) is 10.2. The van der Waals surface area contributed by atoms with E-state index in [4.69, 9.17) is 0 Å². The van der Waals surface area contributed by atoms with Gasteiger partial charge in [-0.3, -0.25) is 9.20 Å². The zero-order valence-electron chi connectivity index (χ0n) is 17.9. The van der Waals surface area contributed by atoms with Crippen molar-refractivity contribution in [1.82, 2.24) is 18.9 Å². The fourth-order valence-electron chi connectivity index (χ4n) is 5.76. The monoisotopic (exact) mass is 478 g/mol. The summed E-state index contributed by atoms with van der Waals surface area (Å²) < 4.78 is 5.39. The van der Waals surface area contributed by atoms with Gasteiger partial charge in [-0.15, -0.1) is 0 Å². The molecule has 0 bridgehead atoms. The molecule has 1 aliphatic heterocycles. The molecule has 1 saturated carbocycles. The fraction of sp³-hybridized carbons (Fsp3) is 0.440. The average Bonchev–Trinajstić information content (AvgIpc) is 3.39. The van der Waals surface area contributed by atoms with Crippen LogP contribution in [0.2, 0.25) is 0 Å². The number of rotatable bonds is 2. The van der Waals surface area contributed by atoms with E-state index in [2.05, 4.69) is 60.0 Å². The van der Waals surface area contributed by atoms with Crippen molar-refractivity contribution in [3.05, 3.63) is 56.8 Å². The van der Waals surface area contributed by atoms with E-state index in [1.165, 1.54) is 36.8 Å². The highest BCUT2D eigenvalue weighted by Gasteiger charge is 2.26. The van der Waals surface area contributed by atoms with Gasteiger partial charge in [-0.1, -0.05) is 25.0 Å². The molecule has 2 aliphatic rings. The molecule has 2 aromatic heterocycles. The summed E-state index contributed by atoms with van der Waals surface area (Å²) >= 11 is 3.57. The highest BCUT2D eigenvalue weighted by Crippen LogP contribution is 2.38. The van der Waals surface area contributed by atoms with Gasteiger partial charge >= 0.3 is 0 Å². The van der Waals surface area contributed by atoms with Crippen LogP contribution in [0.15, 0.2) is 45.7 Å². The van der Waals surface area contributed by atoms with E-state index in [0.29, 0.717) is 17.3 Å². The first-order chi connectivity index (χ1) is 15.1. The topological polar surface area (TPSA) is 42.5 Å². The molecular formula is C25H27BrN4O. The lowest BCUT2D eigenvalue weighted by molar-refractivity contribution is 0.255. The Balaban J connectivity index is 1.66. The van der Waals surface area contributed by atoms with Crippen molar-refractivity contribution in [3.8, 4) is 0 Å². The minimum absolute atomic E-state index is 0.153. The van der Waals surface area contributed by atoms with Crippen molar-refractivity contribution in [2.24, 2.45) is 0 Å². The van der Waals surface area contributed by atoms with Gasteiger partial charge in [0.1, 0.15) is 0 Å². The van der Waals surface area contributed by atoms with E-state index < -0.39 is 0 Å². The molecule has 1 aliphatic carbocycles. The molecule has 4 aromatic rings. The van der Waals surface area contributed by atoms with Crippen LogP contribution in [0.3, 0.4) is 0 Å². The maximum absolute atomic E-state index is 13.0. The molecule has 0 spiro atoms. The van der Waals surface area contributed by atoms with E-state index in [1.807, 2.05) is 18.2 Å². The van der Waals surface area contributed by atoms with E-state index in [0.717, 1.165) is 47.2 Å². The Hall–Kier alpha value is -2.18. The van der Waals surface area contributed by atoms with E-state index in [9.17, 15) is 4.79 Å². The zero-order valence-corrected chi connectivity index (χ0v) is 19.4. The van der Waals surface area contributed by atoms with Gasteiger partial charge in [-0.05, 0) is 97.5 Å². The Morgan fingerprint density at radius 3 is 2.52 bits per heavy atom. The predicted molar refractivity (Wildman–Crippen MR) is 129 cm³/mol. The van der Waals surface area contributed by atoms with Crippen LogP contribution in [0.4, 0.5) is 0 Å². The predicted octanol–water partition coefficient (Wildman–Crippen LogP) is 5.49. The van der Waals surface area contributed by atoms with Crippen LogP contribution in [0.5, 0.6) is 0 Å². The van der Waals surface area contributed by atoms with Crippen molar-refractivity contribution in [1.29, 1.82) is 0 Å². The van der Waals surface area contributed by atoms with Gasteiger partial charge in [0.2, 0.25) is 5.78 Å². The number of halogens is 1. The molecule has 2 aromatic carbocycles. The van der Waals surface area contributed by atoms with Gasteiger partial charge in [-0.25, -0.2) is 0 Å².